The summed E-state index contributed by atoms with van der Waals surface area (Å²) < 4.78 is 15.5. The van der Waals surface area contributed by atoms with Crippen molar-refractivity contribution in [3.05, 3.63) is 54.0 Å². The van der Waals surface area contributed by atoms with Crippen molar-refractivity contribution in [2.24, 2.45) is 0 Å². The summed E-state index contributed by atoms with van der Waals surface area (Å²) in [5, 5.41) is 9.57. The number of amides is 1. The van der Waals surface area contributed by atoms with Gasteiger partial charge in [0.2, 0.25) is 0 Å². The van der Waals surface area contributed by atoms with Gasteiger partial charge in [-0.05, 0) is 25.1 Å². The molecule has 0 spiro atoms. The van der Waals surface area contributed by atoms with Crippen molar-refractivity contribution in [2.75, 3.05) is 24.9 Å². The summed E-state index contributed by atoms with van der Waals surface area (Å²) >= 11 is 0. The van der Waals surface area contributed by atoms with Gasteiger partial charge in [0.25, 0.3) is 5.91 Å². The van der Waals surface area contributed by atoms with Gasteiger partial charge in [0.15, 0.2) is 5.82 Å². The molecule has 3 aromatic rings. The molecular formula is C18H18N4O4. The molecule has 0 aliphatic heterocycles. The third kappa shape index (κ3) is 3.92. The van der Waals surface area contributed by atoms with Crippen LogP contribution in [-0.2, 0) is 0 Å². The second-order valence-electron chi connectivity index (χ2n) is 5.43. The summed E-state index contributed by atoms with van der Waals surface area (Å²) in [6, 6.07) is 8.69. The minimum Gasteiger partial charge on any atom is -0.497 e. The van der Waals surface area contributed by atoms with Gasteiger partial charge in [-0.15, -0.1) is 0 Å². The maximum atomic E-state index is 12.3. The molecule has 0 atom stereocenters. The Bertz CT molecular complexity index is 923. The molecule has 0 saturated heterocycles. The molecular weight excluding hydrogens is 336 g/mol. The standard InChI is InChI=1S/C18H18N4O4/c1-11-6-17(22-26-11)21-18(23)12-7-13(10-19-9-12)20-15-8-14(24-2)4-5-16(15)25-3/h4-10,20H,1-3H3,(H,21,22,23). The molecule has 2 N–H and O–H groups in total. The van der Waals surface area contributed by atoms with E-state index in [-0.39, 0.29) is 5.91 Å². The highest BCUT2D eigenvalue weighted by atomic mass is 16.5. The van der Waals surface area contributed by atoms with Crippen LogP contribution in [0.1, 0.15) is 16.1 Å². The van der Waals surface area contributed by atoms with E-state index in [1.54, 1.807) is 57.7 Å². The number of hydrogen-bond donors (Lipinski definition) is 2. The van der Waals surface area contributed by atoms with E-state index in [4.69, 9.17) is 14.0 Å². The van der Waals surface area contributed by atoms with Gasteiger partial charge in [-0.25, -0.2) is 0 Å². The smallest absolute Gasteiger partial charge is 0.258 e. The summed E-state index contributed by atoms with van der Waals surface area (Å²) in [6.07, 6.45) is 3.08. The number of pyridine rings is 1. The molecule has 0 aliphatic carbocycles. The van der Waals surface area contributed by atoms with Crippen LogP contribution in [0.3, 0.4) is 0 Å². The molecule has 26 heavy (non-hydrogen) atoms. The maximum absolute atomic E-state index is 12.3. The Morgan fingerprint density at radius 1 is 1.12 bits per heavy atom. The van der Waals surface area contributed by atoms with E-state index in [1.165, 1.54) is 6.20 Å². The van der Waals surface area contributed by atoms with Gasteiger partial charge in [-0.2, -0.15) is 0 Å². The second-order valence-corrected chi connectivity index (χ2v) is 5.43. The first-order chi connectivity index (χ1) is 12.6. The van der Waals surface area contributed by atoms with E-state index in [9.17, 15) is 4.79 Å². The second kappa shape index (κ2) is 7.56. The number of aromatic nitrogens is 2. The Hall–Kier alpha value is -3.55. The number of rotatable bonds is 6. The van der Waals surface area contributed by atoms with Crippen molar-refractivity contribution in [3.8, 4) is 11.5 Å². The van der Waals surface area contributed by atoms with Gasteiger partial charge in [0.1, 0.15) is 17.3 Å². The SMILES string of the molecule is COc1ccc(OC)c(Nc2cncc(C(=O)Nc3cc(C)on3)c2)c1. The van der Waals surface area contributed by atoms with Crippen LogP contribution in [0.2, 0.25) is 0 Å². The number of methoxy groups -OCH3 is 2. The van der Waals surface area contributed by atoms with Crippen molar-refractivity contribution in [3.63, 3.8) is 0 Å². The Morgan fingerprint density at radius 3 is 2.65 bits per heavy atom. The highest BCUT2D eigenvalue weighted by Crippen LogP contribution is 2.31. The predicted octanol–water partition coefficient (Wildman–Crippen LogP) is 3.39. The van der Waals surface area contributed by atoms with Crippen LogP contribution in [0.15, 0.2) is 47.2 Å². The number of anilines is 3. The van der Waals surface area contributed by atoms with Crippen LogP contribution in [0, 0.1) is 6.92 Å². The average molecular weight is 354 g/mol. The first-order valence-corrected chi connectivity index (χ1v) is 7.78. The van der Waals surface area contributed by atoms with Gasteiger partial charge in [0.05, 0.1) is 37.4 Å². The van der Waals surface area contributed by atoms with Gasteiger partial charge in [-0.3, -0.25) is 9.78 Å². The molecule has 1 aromatic carbocycles. The third-order valence-electron chi connectivity index (χ3n) is 3.56. The van der Waals surface area contributed by atoms with E-state index in [0.717, 1.165) is 0 Å². The van der Waals surface area contributed by atoms with Crippen molar-refractivity contribution >= 4 is 23.1 Å². The van der Waals surface area contributed by atoms with Crippen LogP contribution in [0.25, 0.3) is 0 Å². The minimum absolute atomic E-state index is 0.341. The molecule has 8 nitrogen and oxygen atoms in total. The molecule has 0 unspecified atom stereocenters. The first-order valence-electron chi connectivity index (χ1n) is 7.78. The summed E-state index contributed by atoms with van der Waals surface area (Å²) in [5.74, 6) is 1.93. The van der Waals surface area contributed by atoms with Crippen molar-refractivity contribution in [1.29, 1.82) is 0 Å². The maximum Gasteiger partial charge on any atom is 0.258 e. The lowest BCUT2D eigenvalue weighted by Crippen LogP contribution is -2.12. The zero-order valence-electron chi connectivity index (χ0n) is 14.6. The number of aryl methyl sites for hydroxylation is 1. The largest absolute Gasteiger partial charge is 0.497 e. The van der Waals surface area contributed by atoms with Gasteiger partial charge < -0.3 is 24.6 Å². The summed E-state index contributed by atoms with van der Waals surface area (Å²) in [7, 11) is 3.17. The van der Waals surface area contributed by atoms with Crippen molar-refractivity contribution < 1.29 is 18.8 Å². The van der Waals surface area contributed by atoms with E-state index in [2.05, 4.69) is 20.8 Å². The Labute approximate surface area is 150 Å². The average Bonchev–Trinajstić information content (AvgIpc) is 3.06. The molecule has 0 bridgehead atoms. The van der Waals surface area contributed by atoms with Gasteiger partial charge in [0, 0.05) is 18.3 Å². The highest BCUT2D eigenvalue weighted by molar-refractivity contribution is 6.04. The molecule has 2 heterocycles. The molecule has 0 radical (unpaired) electrons. The molecule has 3 rings (SSSR count). The molecule has 8 heteroatoms. The number of ether oxygens (including phenoxy) is 2. The lowest BCUT2D eigenvalue weighted by Gasteiger charge is -2.13. The fraction of sp³-hybridized carbons (Fsp3) is 0.167. The molecule has 1 amide bonds. The Balaban J connectivity index is 1.80. The van der Waals surface area contributed by atoms with Crippen molar-refractivity contribution in [2.45, 2.75) is 6.92 Å². The normalized spacial score (nSPS) is 10.3. The lowest BCUT2D eigenvalue weighted by atomic mass is 10.2. The van der Waals surface area contributed by atoms with Crippen molar-refractivity contribution in [1.82, 2.24) is 10.1 Å². The first kappa shape index (κ1) is 17.3. The molecule has 0 saturated carbocycles. The highest BCUT2D eigenvalue weighted by Gasteiger charge is 2.11. The molecule has 134 valence electrons. The fourth-order valence-corrected chi connectivity index (χ4v) is 2.31. The number of hydrogen-bond acceptors (Lipinski definition) is 7. The topological polar surface area (TPSA) is 98.5 Å². The van der Waals surface area contributed by atoms with E-state index in [1.807, 2.05) is 0 Å². The lowest BCUT2D eigenvalue weighted by molar-refractivity contribution is 0.102. The predicted molar refractivity (Wildman–Crippen MR) is 96.3 cm³/mol. The molecule has 2 aromatic heterocycles. The number of carbonyl (C=O) groups excluding carboxylic acids is 1. The van der Waals surface area contributed by atoms with Crippen LogP contribution in [0.4, 0.5) is 17.2 Å². The van der Waals surface area contributed by atoms with E-state index in [0.29, 0.717) is 40.0 Å². The summed E-state index contributed by atoms with van der Waals surface area (Å²) in [6.45, 7) is 1.75. The zero-order chi connectivity index (χ0) is 18.5. The fourth-order valence-electron chi connectivity index (χ4n) is 2.31. The number of benzene rings is 1. The van der Waals surface area contributed by atoms with Gasteiger partial charge >= 0.3 is 0 Å². The quantitative estimate of drug-likeness (QED) is 0.700. The minimum atomic E-state index is -0.341. The third-order valence-corrected chi connectivity index (χ3v) is 3.56. The van der Waals surface area contributed by atoms with Crippen LogP contribution >= 0.6 is 0 Å². The summed E-state index contributed by atoms with van der Waals surface area (Å²) in [4.78, 5) is 16.5. The number of nitrogens with one attached hydrogen (secondary N) is 2. The number of nitrogens with zero attached hydrogens (tertiary/aromatic N) is 2. The van der Waals surface area contributed by atoms with Gasteiger partial charge in [-0.1, -0.05) is 5.16 Å². The summed E-state index contributed by atoms with van der Waals surface area (Å²) in [5.41, 5.74) is 1.69. The van der Waals surface area contributed by atoms with Crippen LogP contribution in [-0.4, -0.2) is 30.3 Å². The molecule has 0 aliphatic rings. The number of carbonyl (C=O) groups is 1. The Kier molecular flexibility index (Phi) is 5.02. The van der Waals surface area contributed by atoms with Crippen LogP contribution in [0.5, 0.6) is 11.5 Å². The molecule has 0 fully saturated rings. The van der Waals surface area contributed by atoms with Crippen LogP contribution < -0.4 is 20.1 Å². The van der Waals surface area contributed by atoms with E-state index < -0.39 is 0 Å². The zero-order valence-corrected chi connectivity index (χ0v) is 14.6. The monoisotopic (exact) mass is 354 g/mol. The van der Waals surface area contributed by atoms with E-state index >= 15 is 0 Å². The Morgan fingerprint density at radius 2 is 1.96 bits per heavy atom.